The summed E-state index contributed by atoms with van der Waals surface area (Å²) in [7, 11) is 0. The topological polar surface area (TPSA) is 65.1 Å². The maximum atomic E-state index is 13.3. The third-order valence-electron chi connectivity index (χ3n) is 6.91. The SMILES string of the molecule is CCn1c2ccc(C(=O)c3ccccc3C)cc2c2c3c4c(noc(=O)c4cc21)C(C)C3. The Labute approximate surface area is 184 Å². The second kappa shape index (κ2) is 6.63. The molecule has 1 aliphatic rings. The molecule has 0 saturated heterocycles. The predicted molar refractivity (Wildman–Crippen MR) is 126 cm³/mol. The van der Waals surface area contributed by atoms with Gasteiger partial charge in [0.2, 0.25) is 0 Å². The molecule has 5 heteroatoms. The minimum Gasteiger partial charge on any atom is -0.341 e. The summed E-state index contributed by atoms with van der Waals surface area (Å²) in [6, 6.07) is 15.6. The van der Waals surface area contributed by atoms with Crippen molar-refractivity contribution in [3.63, 3.8) is 0 Å². The van der Waals surface area contributed by atoms with Crippen molar-refractivity contribution in [3.8, 4) is 0 Å². The fourth-order valence-corrected chi connectivity index (χ4v) is 5.39. The molecule has 2 heterocycles. The van der Waals surface area contributed by atoms with Crippen molar-refractivity contribution in [3.05, 3.63) is 86.9 Å². The summed E-state index contributed by atoms with van der Waals surface area (Å²) in [4.78, 5) is 25.9. The van der Waals surface area contributed by atoms with Crippen LogP contribution < -0.4 is 5.63 Å². The van der Waals surface area contributed by atoms with E-state index in [0.29, 0.717) is 10.9 Å². The minimum atomic E-state index is -0.399. The van der Waals surface area contributed by atoms with Gasteiger partial charge >= 0.3 is 5.63 Å². The van der Waals surface area contributed by atoms with Gasteiger partial charge in [0.25, 0.3) is 0 Å². The lowest BCUT2D eigenvalue weighted by Crippen LogP contribution is -2.04. The molecule has 0 bridgehead atoms. The van der Waals surface area contributed by atoms with Crippen LogP contribution in [0, 0.1) is 6.92 Å². The zero-order chi connectivity index (χ0) is 22.1. The summed E-state index contributed by atoms with van der Waals surface area (Å²) in [5.74, 6) is 0.204. The average molecular weight is 422 g/mol. The first-order chi connectivity index (χ1) is 15.5. The molecule has 0 radical (unpaired) electrons. The highest BCUT2D eigenvalue weighted by Gasteiger charge is 2.29. The van der Waals surface area contributed by atoms with Crippen molar-refractivity contribution in [2.75, 3.05) is 0 Å². The van der Waals surface area contributed by atoms with Crippen LogP contribution in [-0.2, 0) is 13.0 Å². The Morgan fingerprint density at radius 2 is 1.91 bits per heavy atom. The van der Waals surface area contributed by atoms with Gasteiger partial charge in [0.15, 0.2) is 5.78 Å². The number of hydrogen-bond donors (Lipinski definition) is 0. The molecule has 3 aromatic carbocycles. The van der Waals surface area contributed by atoms with Crippen molar-refractivity contribution in [2.24, 2.45) is 0 Å². The van der Waals surface area contributed by atoms with Gasteiger partial charge in [-0.15, -0.1) is 0 Å². The molecular weight excluding hydrogens is 400 g/mol. The fourth-order valence-electron chi connectivity index (χ4n) is 5.39. The smallest absolute Gasteiger partial charge is 0.341 e. The second-order valence-electron chi connectivity index (χ2n) is 8.75. The molecule has 0 fully saturated rings. The van der Waals surface area contributed by atoms with E-state index in [1.807, 2.05) is 55.5 Å². The van der Waals surface area contributed by atoms with Crippen molar-refractivity contribution >= 4 is 38.4 Å². The van der Waals surface area contributed by atoms with E-state index in [1.165, 1.54) is 0 Å². The molecule has 0 saturated carbocycles. The molecule has 6 rings (SSSR count). The van der Waals surface area contributed by atoms with Gasteiger partial charge in [-0.05, 0) is 55.7 Å². The van der Waals surface area contributed by atoms with Crippen molar-refractivity contribution in [1.29, 1.82) is 0 Å². The Morgan fingerprint density at radius 3 is 2.69 bits per heavy atom. The van der Waals surface area contributed by atoms with Crippen LogP contribution in [0.4, 0.5) is 0 Å². The van der Waals surface area contributed by atoms with E-state index < -0.39 is 5.63 Å². The number of rotatable bonds is 3. The lowest BCUT2D eigenvalue weighted by molar-refractivity contribution is 0.103. The van der Waals surface area contributed by atoms with Gasteiger partial charge in [0.1, 0.15) is 0 Å². The van der Waals surface area contributed by atoms with E-state index in [1.54, 1.807) is 0 Å². The summed E-state index contributed by atoms with van der Waals surface area (Å²) >= 11 is 0. The van der Waals surface area contributed by atoms with E-state index in [9.17, 15) is 9.59 Å². The number of ketones is 1. The Kier molecular flexibility index (Phi) is 3.94. The minimum absolute atomic E-state index is 0.0241. The number of benzene rings is 3. The van der Waals surface area contributed by atoms with E-state index in [0.717, 1.165) is 62.5 Å². The molecule has 5 aromatic rings. The standard InChI is InChI=1S/C27H22N2O3/c1-4-29-21-10-9-16(26(30)17-8-6-5-7-14(17)2)12-18(21)23-19-11-15(3)25-24(19)20(13-22(23)29)27(31)32-28-25/h5-10,12-13,15H,4,11H2,1-3H3. The maximum absolute atomic E-state index is 13.3. The monoisotopic (exact) mass is 422 g/mol. The second-order valence-corrected chi connectivity index (χ2v) is 8.75. The lowest BCUT2D eigenvalue weighted by atomic mass is 9.96. The summed E-state index contributed by atoms with van der Waals surface area (Å²) < 4.78 is 7.33. The summed E-state index contributed by atoms with van der Waals surface area (Å²) in [5.41, 5.74) is 6.01. The molecule has 0 N–H and O–H groups in total. The van der Waals surface area contributed by atoms with E-state index in [2.05, 4.69) is 23.6 Å². The van der Waals surface area contributed by atoms with Crippen LogP contribution in [0.2, 0.25) is 0 Å². The van der Waals surface area contributed by atoms with Gasteiger partial charge in [-0.25, -0.2) is 4.79 Å². The summed E-state index contributed by atoms with van der Waals surface area (Å²) in [6.07, 6.45) is 0.800. The molecule has 0 aliphatic heterocycles. The van der Waals surface area contributed by atoms with Crippen LogP contribution in [0.3, 0.4) is 0 Å². The number of aryl methyl sites for hydroxylation is 2. The molecule has 0 amide bonds. The number of hydrogen-bond acceptors (Lipinski definition) is 4. The number of fused-ring (bicyclic) bond motifs is 4. The molecule has 0 spiro atoms. The van der Waals surface area contributed by atoms with Gasteiger partial charge < -0.3 is 9.09 Å². The van der Waals surface area contributed by atoms with Gasteiger partial charge in [-0.2, -0.15) is 0 Å². The highest BCUT2D eigenvalue weighted by Crippen LogP contribution is 2.43. The van der Waals surface area contributed by atoms with Crippen LogP contribution in [0.25, 0.3) is 32.6 Å². The molecule has 2 aromatic heterocycles. The largest absolute Gasteiger partial charge is 0.366 e. The van der Waals surface area contributed by atoms with Gasteiger partial charge in [-0.3, -0.25) is 4.79 Å². The Balaban J connectivity index is 1.71. The summed E-state index contributed by atoms with van der Waals surface area (Å²) in [5, 5.41) is 7.80. The highest BCUT2D eigenvalue weighted by atomic mass is 16.5. The average Bonchev–Trinajstić information content (AvgIpc) is 3.30. The third kappa shape index (κ3) is 2.42. The molecule has 1 unspecified atom stereocenters. The number of carbonyl (C=O) groups excluding carboxylic acids is 1. The molecule has 1 atom stereocenters. The maximum Gasteiger partial charge on any atom is 0.366 e. The van der Waals surface area contributed by atoms with E-state index >= 15 is 0 Å². The zero-order valence-electron chi connectivity index (χ0n) is 18.2. The molecular formula is C27H22N2O3. The molecule has 1 aliphatic carbocycles. The fraction of sp³-hybridized carbons (Fsp3) is 0.222. The molecule has 158 valence electrons. The Morgan fingerprint density at radius 1 is 1.09 bits per heavy atom. The number of nitrogens with zero attached hydrogens (tertiary/aromatic N) is 2. The Bertz CT molecular complexity index is 1660. The van der Waals surface area contributed by atoms with Crippen molar-refractivity contribution in [2.45, 2.75) is 39.7 Å². The first-order valence-corrected chi connectivity index (χ1v) is 11.0. The highest BCUT2D eigenvalue weighted by molar-refractivity contribution is 6.19. The lowest BCUT2D eigenvalue weighted by Gasteiger charge is -2.06. The van der Waals surface area contributed by atoms with Gasteiger partial charge in [0.05, 0.1) is 16.6 Å². The number of aromatic nitrogens is 2. The quantitative estimate of drug-likeness (QED) is 0.359. The van der Waals surface area contributed by atoms with Crippen molar-refractivity contribution < 1.29 is 9.32 Å². The van der Waals surface area contributed by atoms with Crippen LogP contribution in [0.5, 0.6) is 0 Å². The first kappa shape index (κ1) is 19.0. The first-order valence-electron chi connectivity index (χ1n) is 11.0. The number of carbonyl (C=O) groups is 1. The van der Waals surface area contributed by atoms with Crippen LogP contribution >= 0.6 is 0 Å². The summed E-state index contributed by atoms with van der Waals surface area (Å²) in [6.45, 7) is 6.93. The van der Waals surface area contributed by atoms with Crippen molar-refractivity contribution in [1.82, 2.24) is 9.72 Å². The van der Waals surface area contributed by atoms with Crippen LogP contribution in [-0.4, -0.2) is 15.5 Å². The predicted octanol–water partition coefficient (Wildman–Crippen LogP) is 5.51. The third-order valence-corrected chi connectivity index (χ3v) is 6.91. The molecule has 5 nitrogen and oxygen atoms in total. The van der Waals surface area contributed by atoms with Crippen LogP contribution in [0.1, 0.15) is 52.5 Å². The Hall–Kier alpha value is -3.73. The van der Waals surface area contributed by atoms with E-state index in [-0.39, 0.29) is 11.7 Å². The van der Waals surface area contributed by atoms with E-state index in [4.69, 9.17) is 4.52 Å². The molecule has 32 heavy (non-hydrogen) atoms. The van der Waals surface area contributed by atoms with Gasteiger partial charge in [0, 0.05) is 45.3 Å². The van der Waals surface area contributed by atoms with Crippen LogP contribution in [0.15, 0.2) is 57.8 Å². The van der Waals surface area contributed by atoms with Gasteiger partial charge in [-0.1, -0.05) is 36.3 Å². The normalized spacial score (nSPS) is 15.3. The zero-order valence-corrected chi connectivity index (χ0v) is 18.2.